The first-order valence-corrected chi connectivity index (χ1v) is 8.90. The van der Waals surface area contributed by atoms with Gasteiger partial charge in [-0.1, -0.05) is 18.2 Å². The van der Waals surface area contributed by atoms with Gasteiger partial charge in [-0.15, -0.1) is 0 Å². The number of hydrogen-bond acceptors (Lipinski definition) is 4. The van der Waals surface area contributed by atoms with Crippen LogP contribution in [0.2, 0.25) is 0 Å². The maximum atomic E-state index is 12.4. The van der Waals surface area contributed by atoms with Gasteiger partial charge in [-0.3, -0.25) is 9.59 Å². The SMILES string of the molecule is Cc1ccccc1OCCN(C)C(=O)CCc1c(C)[nH]c(=O)c(C#N)c1C. The van der Waals surface area contributed by atoms with Gasteiger partial charge in [0.25, 0.3) is 5.56 Å². The Morgan fingerprint density at radius 3 is 2.63 bits per heavy atom. The fourth-order valence-electron chi connectivity index (χ4n) is 2.98. The van der Waals surface area contributed by atoms with Crippen LogP contribution < -0.4 is 10.3 Å². The van der Waals surface area contributed by atoms with Gasteiger partial charge >= 0.3 is 0 Å². The highest BCUT2D eigenvalue weighted by Gasteiger charge is 2.15. The molecule has 6 heteroatoms. The minimum Gasteiger partial charge on any atom is -0.491 e. The summed E-state index contributed by atoms with van der Waals surface area (Å²) in [6.45, 7) is 6.42. The Morgan fingerprint density at radius 1 is 1.26 bits per heavy atom. The van der Waals surface area contributed by atoms with Crippen LogP contribution >= 0.6 is 0 Å². The van der Waals surface area contributed by atoms with Crippen LogP contribution in [0.15, 0.2) is 29.1 Å². The van der Waals surface area contributed by atoms with Gasteiger partial charge in [-0.05, 0) is 49.9 Å². The topological polar surface area (TPSA) is 86.2 Å². The van der Waals surface area contributed by atoms with Gasteiger partial charge in [-0.25, -0.2) is 0 Å². The van der Waals surface area contributed by atoms with Crippen molar-refractivity contribution >= 4 is 5.91 Å². The number of ether oxygens (including phenoxy) is 1. The molecule has 1 aromatic carbocycles. The fraction of sp³-hybridized carbons (Fsp3) is 0.381. The van der Waals surface area contributed by atoms with Crippen LogP contribution in [-0.2, 0) is 11.2 Å². The predicted molar refractivity (Wildman–Crippen MR) is 104 cm³/mol. The molecule has 142 valence electrons. The van der Waals surface area contributed by atoms with Crippen LogP contribution in [0.4, 0.5) is 0 Å². The van der Waals surface area contributed by atoms with Crippen molar-refractivity contribution in [2.45, 2.75) is 33.6 Å². The Labute approximate surface area is 159 Å². The van der Waals surface area contributed by atoms with Crippen molar-refractivity contribution in [1.82, 2.24) is 9.88 Å². The van der Waals surface area contributed by atoms with E-state index in [0.29, 0.717) is 37.3 Å². The van der Waals surface area contributed by atoms with E-state index >= 15 is 0 Å². The molecule has 0 saturated heterocycles. The summed E-state index contributed by atoms with van der Waals surface area (Å²) in [5.74, 6) is 0.814. The molecule has 1 amide bonds. The van der Waals surface area contributed by atoms with E-state index in [-0.39, 0.29) is 17.0 Å². The minimum absolute atomic E-state index is 0.00751. The lowest BCUT2D eigenvalue weighted by atomic mass is 9.99. The van der Waals surface area contributed by atoms with Crippen LogP contribution in [0.5, 0.6) is 5.75 Å². The molecule has 0 fully saturated rings. The van der Waals surface area contributed by atoms with E-state index in [9.17, 15) is 9.59 Å². The molecule has 6 nitrogen and oxygen atoms in total. The Kier molecular flexibility index (Phi) is 6.78. The number of aryl methyl sites for hydroxylation is 2. The molecule has 1 heterocycles. The molecule has 0 radical (unpaired) electrons. The van der Waals surface area contributed by atoms with E-state index in [2.05, 4.69) is 4.98 Å². The molecule has 0 atom stereocenters. The smallest absolute Gasteiger partial charge is 0.266 e. The molecule has 27 heavy (non-hydrogen) atoms. The highest BCUT2D eigenvalue weighted by Crippen LogP contribution is 2.17. The van der Waals surface area contributed by atoms with Crippen molar-refractivity contribution in [1.29, 1.82) is 5.26 Å². The molecule has 0 aliphatic heterocycles. The van der Waals surface area contributed by atoms with Crippen LogP contribution in [-0.4, -0.2) is 36.0 Å². The maximum Gasteiger partial charge on any atom is 0.266 e. The highest BCUT2D eigenvalue weighted by molar-refractivity contribution is 5.76. The number of para-hydroxylation sites is 1. The van der Waals surface area contributed by atoms with E-state index in [1.54, 1.807) is 25.8 Å². The van der Waals surface area contributed by atoms with Gasteiger partial charge in [0.2, 0.25) is 5.91 Å². The van der Waals surface area contributed by atoms with Gasteiger partial charge in [0.1, 0.15) is 24.0 Å². The molecule has 2 aromatic rings. The van der Waals surface area contributed by atoms with E-state index in [0.717, 1.165) is 16.9 Å². The third-order valence-electron chi connectivity index (χ3n) is 4.71. The predicted octanol–water partition coefficient (Wildman–Crippen LogP) is 2.64. The first-order chi connectivity index (χ1) is 12.8. The summed E-state index contributed by atoms with van der Waals surface area (Å²) < 4.78 is 5.73. The molecule has 0 saturated carbocycles. The Hall–Kier alpha value is -3.07. The number of aromatic amines is 1. The highest BCUT2D eigenvalue weighted by atomic mass is 16.5. The van der Waals surface area contributed by atoms with Crippen molar-refractivity contribution in [3.8, 4) is 11.8 Å². The number of amides is 1. The van der Waals surface area contributed by atoms with Crippen molar-refractivity contribution in [3.63, 3.8) is 0 Å². The summed E-state index contributed by atoms with van der Waals surface area (Å²) in [4.78, 5) is 28.5. The number of nitrogens with one attached hydrogen (secondary N) is 1. The van der Waals surface area contributed by atoms with E-state index in [4.69, 9.17) is 10.00 Å². The van der Waals surface area contributed by atoms with Crippen molar-refractivity contribution in [2.24, 2.45) is 0 Å². The second-order valence-corrected chi connectivity index (χ2v) is 6.60. The second-order valence-electron chi connectivity index (χ2n) is 6.60. The molecule has 1 aromatic heterocycles. The normalized spacial score (nSPS) is 10.3. The first kappa shape index (κ1) is 20.2. The van der Waals surface area contributed by atoms with Gasteiger partial charge in [-0.2, -0.15) is 5.26 Å². The van der Waals surface area contributed by atoms with Crippen LogP contribution in [0, 0.1) is 32.1 Å². The first-order valence-electron chi connectivity index (χ1n) is 8.90. The number of hydrogen-bond donors (Lipinski definition) is 1. The monoisotopic (exact) mass is 367 g/mol. The Morgan fingerprint density at radius 2 is 1.96 bits per heavy atom. The summed E-state index contributed by atoms with van der Waals surface area (Å²) in [6, 6.07) is 9.70. The molecular weight excluding hydrogens is 342 g/mol. The number of H-pyrrole nitrogens is 1. The van der Waals surface area contributed by atoms with Crippen molar-refractivity contribution in [3.05, 3.63) is 62.6 Å². The Balaban J connectivity index is 1.91. The lowest BCUT2D eigenvalue weighted by Gasteiger charge is -2.19. The summed E-state index contributed by atoms with van der Waals surface area (Å²) >= 11 is 0. The zero-order valence-electron chi connectivity index (χ0n) is 16.3. The molecule has 0 unspecified atom stereocenters. The third-order valence-corrected chi connectivity index (χ3v) is 4.71. The summed E-state index contributed by atoms with van der Waals surface area (Å²) in [5.41, 5.74) is 3.00. The van der Waals surface area contributed by atoms with Gasteiger partial charge in [0, 0.05) is 19.2 Å². The zero-order valence-corrected chi connectivity index (χ0v) is 16.3. The average Bonchev–Trinajstić information content (AvgIpc) is 2.62. The van der Waals surface area contributed by atoms with Crippen molar-refractivity contribution in [2.75, 3.05) is 20.2 Å². The quantitative estimate of drug-likeness (QED) is 0.815. The number of aromatic nitrogens is 1. The minimum atomic E-state index is -0.381. The number of pyridine rings is 1. The standard InChI is InChI=1S/C21H25N3O3/c1-14-7-5-6-8-19(14)27-12-11-24(4)20(25)10-9-17-15(2)18(13-22)21(26)23-16(17)3/h5-8H,9-12H2,1-4H3,(H,23,26). The fourth-order valence-corrected chi connectivity index (χ4v) is 2.98. The molecule has 0 aliphatic rings. The van der Waals surface area contributed by atoms with Gasteiger partial charge < -0.3 is 14.6 Å². The third kappa shape index (κ3) is 4.98. The van der Waals surface area contributed by atoms with Gasteiger partial charge in [0.05, 0.1) is 6.54 Å². The molecule has 0 aliphatic carbocycles. The largest absolute Gasteiger partial charge is 0.491 e. The number of carbonyl (C=O) groups is 1. The number of carbonyl (C=O) groups excluding carboxylic acids is 1. The molecule has 0 spiro atoms. The van der Waals surface area contributed by atoms with Crippen LogP contribution in [0.25, 0.3) is 0 Å². The van der Waals surface area contributed by atoms with E-state index in [1.165, 1.54) is 0 Å². The summed E-state index contributed by atoms with van der Waals surface area (Å²) in [7, 11) is 1.75. The van der Waals surface area contributed by atoms with E-state index in [1.807, 2.05) is 37.3 Å². The summed E-state index contributed by atoms with van der Waals surface area (Å²) in [5, 5.41) is 9.13. The van der Waals surface area contributed by atoms with Crippen molar-refractivity contribution < 1.29 is 9.53 Å². The number of nitriles is 1. The van der Waals surface area contributed by atoms with Crippen LogP contribution in [0.1, 0.15) is 34.4 Å². The molecule has 0 bridgehead atoms. The number of nitrogens with zero attached hydrogens (tertiary/aromatic N) is 2. The number of rotatable bonds is 7. The molecule has 2 rings (SSSR count). The average molecular weight is 367 g/mol. The lowest BCUT2D eigenvalue weighted by molar-refractivity contribution is -0.130. The lowest BCUT2D eigenvalue weighted by Crippen LogP contribution is -2.31. The summed E-state index contributed by atoms with van der Waals surface area (Å²) in [6.07, 6.45) is 0.782. The van der Waals surface area contributed by atoms with Crippen LogP contribution in [0.3, 0.4) is 0 Å². The zero-order chi connectivity index (χ0) is 20.0. The number of likely N-dealkylation sites (N-methyl/N-ethyl adjacent to an activating group) is 1. The van der Waals surface area contributed by atoms with E-state index < -0.39 is 0 Å². The molecular formula is C21H25N3O3. The maximum absolute atomic E-state index is 12.4. The van der Waals surface area contributed by atoms with Gasteiger partial charge in [0.15, 0.2) is 0 Å². The second kappa shape index (κ2) is 9.04. The number of benzene rings is 1. The molecule has 1 N–H and O–H groups in total. The Bertz CT molecular complexity index is 925.